The first-order chi connectivity index (χ1) is 14.3. The van der Waals surface area contributed by atoms with Gasteiger partial charge in [-0.1, -0.05) is 44.2 Å². The predicted octanol–water partition coefficient (Wildman–Crippen LogP) is 2.91. The number of hydrogen-bond donors (Lipinski definition) is 1. The predicted molar refractivity (Wildman–Crippen MR) is 111 cm³/mol. The van der Waals surface area contributed by atoms with E-state index in [1.807, 2.05) is 12.1 Å². The fraction of sp³-hybridized carbons (Fsp3) is 0.304. The van der Waals surface area contributed by atoms with Crippen LogP contribution in [-0.2, 0) is 25.5 Å². The van der Waals surface area contributed by atoms with Crippen LogP contribution in [0.5, 0.6) is 0 Å². The lowest BCUT2D eigenvalue weighted by atomic mass is 9.98. The molecular weight excluding hydrogens is 384 g/mol. The lowest BCUT2D eigenvalue weighted by Crippen LogP contribution is -2.46. The zero-order valence-corrected chi connectivity index (χ0v) is 17.2. The normalized spacial score (nSPS) is 14.3. The van der Waals surface area contributed by atoms with E-state index < -0.39 is 36.3 Å². The standard InChI is InChI=1S/C23H24N2O5/c1-14(2)16-8-10-18(11-9-16)24-22(28)15(3)30-21(27)13-25-20(26)12-17-6-4-5-7-19(17)23(25)29/h4-11,14-15H,12-13H2,1-3H3,(H,24,28)/t15-/m0/s1. The summed E-state index contributed by atoms with van der Waals surface area (Å²) in [7, 11) is 0. The van der Waals surface area contributed by atoms with Crippen LogP contribution >= 0.6 is 0 Å². The van der Waals surface area contributed by atoms with Crippen molar-refractivity contribution in [3.05, 3.63) is 65.2 Å². The molecule has 0 aliphatic carbocycles. The molecule has 0 saturated heterocycles. The van der Waals surface area contributed by atoms with Crippen molar-refractivity contribution in [1.29, 1.82) is 0 Å². The van der Waals surface area contributed by atoms with Gasteiger partial charge in [0, 0.05) is 11.3 Å². The molecule has 1 N–H and O–H groups in total. The molecule has 0 spiro atoms. The number of carbonyl (C=O) groups is 4. The van der Waals surface area contributed by atoms with Crippen LogP contribution in [0.4, 0.5) is 5.69 Å². The Hall–Kier alpha value is -3.48. The topological polar surface area (TPSA) is 92.8 Å². The Morgan fingerprint density at radius 2 is 1.70 bits per heavy atom. The number of fused-ring (bicyclic) bond motifs is 1. The van der Waals surface area contributed by atoms with Crippen LogP contribution in [0.1, 0.15) is 48.2 Å². The van der Waals surface area contributed by atoms with Gasteiger partial charge in [0.15, 0.2) is 6.10 Å². The molecule has 0 saturated carbocycles. The molecule has 0 aromatic heterocycles. The molecule has 0 unspecified atom stereocenters. The highest BCUT2D eigenvalue weighted by Crippen LogP contribution is 2.20. The fourth-order valence-corrected chi connectivity index (χ4v) is 3.17. The molecule has 156 valence electrons. The summed E-state index contributed by atoms with van der Waals surface area (Å²) in [5.74, 6) is -1.96. The number of ether oxygens (including phenoxy) is 1. The molecule has 0 fully saturated rings. The van der Waals surface area contributed by atoms with E-state index >= 15 is 0 Å². The number of nitrogens with one attached hydrogen (secondary N) is 1. The minimum absolute atomic E-state index is 0.0393. The van der Waals surface area contributed by atoms with E-state index in [1.165, 1.54) is 6.92 Å². The molecule has 2 aromatic rings. The smallest absolute Gasteiger partial charge is 0.326 e. The number of carbonyl (C=O) groups excluding carboxylic acids is 4. The second kappa shape index (κ2) is 8.90. The largest absolute Gasteiger partial charge is 0.451 e. The molecule has 1 heterocycles. The van der Waals surface area contributed by atoms with Crippen LogP contribution in [0.15, 0.2) is 48.5 Å². The van der Waals surface area contributed by atoms with Gasteiger partial charge in [0.1, 0.15) is 6.54 Å². The lowest BCUT2D eigenvalue weighted by Gasteiger charge is -2.26. The summed E-state index contributed by atoms with van der Waals surface area (Å²) in [6, 6.07) is 14.2. The molecule has 30 heavy (non-hydrogen) atoms. The maximum Gasteiger partial charge on any atom is 0.326 e. The average Bonchev–Trinajstić information content (AvgIpc) is 2.71. The van der Waals surface area contributed by atoms with Crippen LogP contribution in [0.3, 0.4) is 0 Å². The summed E-state index contributed by atoms with van der Waals surface area (Å²) in [5, 5.41) is 2.68. The molecule has 2 aromatic carbocycles. The van der Waals surface area contributed by atoms with Crippen molar-refractivity contribution < 1.29 is 23.9 Å². The van der Waals surface area contributed by atoms with Crippen LogP contribution in [0.2, 0.25) is 0 Å². The maximum atomic E-state index is 12.5. The van der Waals surface area contributed by atoms with E-state index in [2.05, 4.69) is 19.2 Å². The van der Waals surface area contributed by atoms with Gasteiger partial charge in [0.25, 0.3) is 11.8 Å². The Kier molecular flexibility index (Phi) is 6.30. The molecular formula is C23H24N2O5. The van der Waals surface area contributed by atoms with E-state index in [9.17, 15) is 19.2 Å². The molecule has 0 bridgehead atoms. The second-order valence-corrected chi connectivity index (χ2v) is 7.52. The molecule has 1 aliphatic rings. The van der Waals surface area contributed by atoms with Gasteiger partial charge in [-0.2, -0.15) is 0 Å². The first kappa shape index (κ1) is 21.2. The highest BCUT2D eigenvalue weighted by molar-refractivity contribution is 6.11. The number of esters is 1. The third kappa shape index (κ3) is 4.74. The zero-order valence-electron chi connectivity index (χ0n) is 17.2. The Bertz CT molecular complexity index is 981. The van der Waals surface area contributed by atoms with Gasteiger partial charge in [0.05, 0.1) is 6.42 Å². The quantitative estimate of drug-likeness (QED) is 0.586. The Morgan fingerprint density at radius 1 is 1.03 bits per heavy atom. The SMILES string of the molecule is CC(C)c1ccc(NC(=O)[C@H](C)OC(=O)CN2C(=O)Cc3ccccc3C2=O)cc1. The van der Waals surface area contributed by atoms with Crippen LogP contribution < -0.4 is 5.32 Å². The Balaban J connectivity index is 1.57. The van der Waals surface area contributed by atoms with Crippen molar-refractivity contribution >= 4 is 29.4 Å². The number of anilines is 1. The molecule has 7 heteroatoms. The molecule has 7 nitrogen and oxygen atoms in total. The van der Waals surface area contributed by atoms with E-state index in [1.54, 1.807) is 36.4 Å². The van der Waals surface area contributed by atoms with E-state index in [0.717, 1.165) is 10.5 Å². The molecule has 1 aliphatic heterocycles. The average molecular weight is 408 g/mol. The van der Waals surface area contributed by atoms with Gasteiger partial charge in [-0.3, -0.25) is 24.1 Å². The summed E-state index contributed by atoms with van der Waals surface area (Å²) in [6.07, 6.45) is -1.04. The molecule has 1 atom stereocenters. The fourth-order valence-electron chi connectivity index (χ4n) is 3.17. The lowest BCUT2D eigenvalue weighted by molar-refractivity contribution is -0.155. The minimum Gasteiger partial charge on any atom is -0.451 e. The van der Waals surface area contributed by atoms with Crippen LogP contribution in [-0.4, -0.2) is 41.2 Å². The van der Waals surface area contributed by atoms with E-state index in [4.69, 9.17) is 4.74 Å². The summed E-state index contributed by atoms with van der Waals surface area (Å²) in [6.45, 7) is 5.05. The van der Waals surface area contributed by atoms with Crippen molar-refractivity contribution in [1.82, 2.24) is 4.90 Å². The van der Waals surface area contributed by atoms with Gasteiger partial charge in [-0.25, -0.2) is 0 Å². The monoisotopic (exact) mass is 408 g/mol. The minimum atomic E-state index is -1.08. The molecule has 3 amide bonds. The number of nitrogens with zero attached hydrogens (tertiary/aromatic N) is 1. The van der Waals surface area contributed by atoms with Gasteiger partial charge in [-0.05, 0) is 42.2 Å². The third-order valence-corrected chi connectivity index (χ3v) is 4.95. The van der Waals surface area contributed by atoms with Gasteiger partial charge in [0.2, 0.25) is 5.91 Å². The van der Waals surface area contributed by atoms with Crippen molar-refractivity contribution in [2.75, 3.05) is 11.9 Å². The number of benzene rings is 2. The van der Waals surface area contributed by atoms with Gasteiger partial charge < -0.3 is 10.1 Å². The summed E-state index contributed by atoms with van der Waals surface area (Å²) in [5.41, 5.74) is 2.75. The number of hydrogen-bond acceptors (Lipinski definition) is 5. The first-order valence-corrected chi connectivity index (χ1v) is 9.79. The Morgan fingerprint density at radius 3 is 2.37 bits per heavy atom. The zero-order chi connectivity index (χ0) is 21.8. The van der Waals surface area contributed by atoms with Crippen molar-refractivity contribution in [2.45, 2.75) is 39.2 Å². The van der Waals surface area contributed by atoms with Gasteiger partial charge >= 0.3 is 5.97 Å². The van der Waals surface area contributed by atoms with E-state index in [0.29, 0.717) is 22.7 Å². The number of rotatable bonds is 6. The Labute approximate surface area is 175 Å². The van der Waals surface area contributed by atoms with E-state index in [-0.39, 0.29) is 6.42 Å². The summed E-state index contributed by atoms with van der Waals surface area (Å²) >= 11 is 0. The highest BCUT2D eigenvalue weighted by Gasteiger charge is 2.33. The van der Waals surface area contributed by atoms with Crippen molar-refractivity contribution in [3.63, 3.8) is 0 Å². The molecule has 0 radical (unpaired) electrons. The number of imide groups is 1. The van der Waals surface area contributed by atoms with Crippen LogP contribution in [0, 0.1) is 0 Å². The number of amides is 3. The molecule has 3 rings (SSSR count). The second-order valence-electron chi connectivity index (χ2n) is 7.52. The highest BCUT2D eigenvalue weighted by atomic mass is 16.5. The third-order valence-electron chi connectivity index (χ3n) is 4.95. The van der Waals surface area contributed by atoms with Crippen molar-refractivity contribution in [3.8, 4) is 0 Å². The van der Waals surface area contributed by atoms with Crippen LogP contribution in [0.25, 0.3) is 0 Å². The first-order valence-electron chi connectivity index (χ1n) is 9.79. The van der Waals surface area contributed by atoms with Gasteiger partial charge in [-0.15, -0.1) is 0 Å². The van der Waals surface area contributed by atoms with Crippen molar-refractivity contribution in [2.24, 2.45) is 0 Å². The summed E-state index contributed by atoms with van der Waals surface area (Å²) < 4.78 is 5.14. The summed E-state index contributed by atoms with van der Waals surface area (Å²) in [4.78, 5) is 50.2. The maximum absolute atomic E-state index is 12.5.